The average Bonchev–Trinajstić information content (AvgIpc) is 3.46. The van der Waals surface area contributed by atoms with E-state index in [2.05, 4.69) is 25.8 Å². The van der Waals surface area contributed by atoms with E-state index < -0.39 is 17.4 Å². The summed E-state index contributed by atoms with van der Waals surface area (Å²) in [4.78, 5) is 31.0. The van der Waals surface area contributed by atoms with E-state index in [1.165, 1.54) is 28.6 Å². The molecule has 0 unspecified atom stereocenters. The lowest BCUT2D eigenvalue weighted by Crippen LogP contribution is -2.47. The summed E-state index contributed by atoms with van der Waals surface area (Å²) in [6, 6.07) is 8.27. The fourth-order valence-electron chi connectivity index (χ4n) is 3.46. The number of pyridine rings is 2. The number of methoxy groups -OCH3 is 1. The predicted octanol–water partition coefficient (Wildman–Crippen LogP) is 2.64. The molecule has 0 aliphatic heterocycles. The molecule has 0 aromatic carbocycles. The molecule has 0 atom stereocenters. The lowest BCUT2D eigenvalue weighted by atomic mass is 10.1. The third-order valence-corrected chi connectivity index (χ3v) is 5.54. The van der Waals surface area contributed by atoms with E-state index in [-0.39, 0.29) is 40.4 Å². The van der Waals surface area contributed by atoms with Gasteiger partial charge in [-0.25, -0.2) is 14.2 Å². The quantitative estimate of drug-likeness (QED) is 0.357. The van der Waals surface area contributed by atoms with Crippen molar-refractivity contribution in [3.63, 3.8) is 0 Å². The molecule has 0 saturated heterocycles. The van der Waals surface area contributed by atoms with E-state index in [1.54, 1.807) is 51.2 Å². The molecular formula is C23H24ClN7O4. The number of hydrogen-bond donors (Lipinski definition) is 3. The van der Waals surface area contributed by atoms with Crippen LogP contribution in [0.1, 0.15) is 40.4 Å². The number of aryl methyl sites for hydroxylation is 1. The number of nitrogens with zero attached hydrogens (tertiary/aromatic N) is 5. The normalized spacial score (nSPS) is 11.5. The van der Waals surface area contributed by atoms with E-state index in [9.17, 15) is 14.7 Å². The zero-order valence-electron chi connectivity index (χ0n) is 19.5. The van der Waals surface area contributed by atoms with Crippen LogP contribution in [-0.4, -0.2) is 60.6 Å². The third-order valence-electron chi connectivity index (χ3n) is 5.25. The number of carbonyl (C=O) groups is 2. The van der Waals surface area contributed by atoms with Crippen LogP contribution in [0.25, 0.3) is 11.3 Å². The minimum Gasteiger partial charge on any atom is -0.480 e. The summed E-state index contributed by atoms with van der Waals surface area (Å²) in [5.41, 5.74) is 0.838. The summed E-state index contributed by atoms with van der Waals surface area (Å²) in [5.74, 6) is -0.675. The second-order valence-electron chi connectivity index (χ2n) is 8.46. The fraction of sp³-hybridized carbons (Fsp3) is 0.261. The Morgan fingerprint density at radius 3 is 2.66 bits per heavy atom. The molecule has 4 heterocycles. The fourth-order valence-corrected chi connectivity index (χ4v) is 3.66. The molecular weight excluding hydrogens is 474 g/mol. The highest BCUT2D eigenvalue weighted by Gasteiger charge is 2.28. The molecule has 3 N–H and O–H groups in total. The van der Waals surface area contributed by atoms with Gasteiger partial charge < -0.3 is 20.5 Å². The zero-order chi connectivity index (χ0) is 25.3. The summed E-state index contributed by atoms with van der Waals surface area (Å²) in [5, 5.41) is 24.0. The SMILES string of the molecule is COc1cc(C(=O)Nc2c(C)cc3ccnn3c2C(=O)NC(C)(C)CO)n(-c2ncccc2Cl)n1. The van der Waals surface area contributed by atoms with Crippen molar-refractivity contribution in [3.05, 3.63) is 64.7 Å². The molecule has 0 aliphatic rings. The van der Waals surface area contributed by atoms with Crippen LogP contribution in [0.4, 0.5) is 5.69 Å². The van der Waals surface area contributed by atoms with Crippen molar-refractivity contribution in [1.82, 2.24) is 29.7 Å². The van der Waals surface area contributed by atoms with Gasteiger partial charge in [-0.3, -0.25) is 9.59 Å². The summed E-state index contributed by atoms with van der Waals surface area (Å²) >= 11 is 6.29. The maximum Gasteiger partial charge on any atom is 0.274 e. The van der Waals surface area contributed by atoms with Gasteiger partial charge in [-0.15, -0.1) is 5.10 Å². The van der Waals surface area contributed by atoms with Gasteiger partial charge in [0, 0.05) is 12.3 Å². The van der Waals surface area contributed by atoms with Crippen molar-refractivity contribution in [2.45, 2.75) is 26.3 Å². The van der Waals surface area contributed by atoms with Gasteiger partial charge in [0.1, 0.15) is 5.69 Å². The number of fused-ring (bicyclic) bond motifs is 1. The Morgan fingerprint density at radius 1 is 1.20 bits per heavy atom. The molecule has 12 heteroatoms. The van der Waals surface area contributed by atoms with E-state index >= 15 is 0 Å². The molecule has 0 aliphatic carbocycles. The van der Waals surface area contributed by atoms with Crippen molar-refractivity contribution in [2.75, 3.05) is 19.0 Å². The van der Waals surface area contributed by atoms with Crippen molar-refractivity contribution < 1.29 is 19.4 Å². The molecule has 4 aromatic heterocycles. The first-order valence-corrected chi connectivity index (χ1v) is 11.0. The van der Waals surface area contributed by atoms with Gasteiger partial charge in [-0.1, -0.05) is 11.6 Å². The smallest absolute Gasteiger partial charge is 0.274 e. The summed E-state index contributed by atoms with van der Waals surface area (Å²) < 4.78 is 7.91. The van der Waals surface area contributed by atoms with Crippen LogP contribution in [0.15, 0.2) is 42.7 Å². The Bertz CT molecular complexity index is 1430. The van der Waals surface area contributed by atoms with E-state index in [0.717, 1.165) is 0 Å². The van der Waals surface area contributed by atoms with Gasteiger partial charge in [0.05, 0.1) is 41.7 Å². The number of carbonyl (C=O) groups excluding carboxylic acids is 2. The largest absolute Gasteiger partial charge is 0.480 e. The Hall–Kier alpha value is -3.96. The van der Waals surface area contributed by atoms with Crippen LogP contribution in [0.2, 0.25) is 5.02 Å². The number of nitrogens with one attached hydrogen (secondary N) is 2. The average molecular weight is 498 g/mol. The first kappa shape index (κ1) is 24.2. The number of amides is 2. The summed E-state index contributed by atoms with van der Waals surface area (Å²) in [7, 11) is 1.43. The van der Waals surface area contributed by atoms with Crippen molar-refractivity contribution in [2.24, 2.45) is 0 Å². The van der Waals surface area contributed by atoms with Gasteiger partial charge in [0.15, 0.2) is 11.5 Å². The highest BCUT2D eigenvalue weighted by atomic mass is 35.5. The highest BCUT2D eigenvalue weighted by molar-refractivity contribution is 6.32. The van der Waals surface area contributed by atoms with Crippen LogP contribution in [0.3, 0.4) is 0 Å². The van der Waals surface area contributed by atoms with Crippen LogP contribution < -0.4 is 15.4 Å². The number of aromatic nitrogens is 5. The Balaban J connectivity index is 1.81. The van der Waals surface area contributed by atoms with Crippen molar-refractivity contribution in [1.29, 1.82) is 0 Å². The van der Waals surface area contributed by atoms with Gasteiger partial charge in [0.2, 0.25) is 5.88 Å². The first-order valence-electron chi connectivity index (χ1n) is 10.6. The van der Waals surface area contributed by atoms with E-state index in [4.69, 9.17) is 16.3 Å². The number of aliphatic hydroxyl groups excluding tert-OH is 1. The van der Waals surface area contributed by atoms with E-state index in [0.29, 0.717) is 11.1 Å². The molecule has 4 rings (SSSR count). The summed E-state index contributed by atoms with van der Waals surface area (Å²) in [6.45, 7) is 4.85. The maximum atomic E-state index is 13.5. The van der Waals surface area contributed by atoms with Gasteiger partial charge in [-0.05, 0) is 50.6 Å². The molecule has 0 spiro atoms. The standard InChI is InChI=1S/C23H24ClN7O4/c1-13-10-14-7-9-26-30(14)19(22(34)28-23(2,3)12-32)18(13)27-21(33)16-11-17(35-4)29-31(16)20-15(24)6-5-8-25-20/h5-11,32H,12H2,1-4H3,(H,27,33)(H,28,34). The molecule has 2 amide bonds. The lowest BCUT2D eigenvalue weighted by Gasteiger charge is -2.25. The van der Waals surface area contributed by atoms with Crippen LogP contribution >= 0.6 is 11.6 Å². The van der Waals surface area contributed by atoms with Crippen LogP contribution in [0, 0.1) is 6.92 Å². The van der Waals surface area contributed by atoms with E-state index in [1.807, 2.05) is 0 Å². The lowest BCUT2D eigenvalue weighted by molar-refractivity contribution is 0.0862. The monoisotopic (exact) mass is 497 g/mol. The number of anilines is 1. The Kier molecular flexibility index (Phi) is 6.46. The minimum absolute atomic E-state index is 0.0875. The topological polar surface area (TPSA) is 136 Å². The Labute approximate surface area is 205 Å². The third kappa shape index (κ3) is 4.68. The number of aliphatic hydroxyl groups is 1. The number of rotatable bonds is 7. The summed E-state index contributed by atoms with van der Waals surface area (Å²) in [6.07, 6.45) is 3.08. The molecule has 0 fully saturated rings. The van der Waals surface area contributed by atoms with Crippen molar-refractivity contribution >= 4 is 34.6 Å². The predicted molar refractivity (Wildman–Crippen MR) is 129 cm³/mol. The molecule has 0 radical (unpaired) electrons. The molecule has 4 aromatic rings. The van der Waals surface area contributed by atoms with Crippen LogP contribution in [0.5, 0.6) is 5.88 Å². The minimum atomic E-state index is -0.900. The molecule has 0 bridgehead atoms. The maximum absolute atomic E-state index is 13.5. The van der Waals surface area contributed by atoms with Crippen LogP contribution in [-0.2, 0) is 0 Å². The molecule has 0 saturated carbocycles. The zero-order valence-corrected chi connectivity index (χ0v) is 20.3. The Morgan fingerprint density at radius 2 is 1.97 bits per heavy atom. The molecule has 182 valence electrons. The number of halogens is 1. The second kappa shape index (κ2) is 9.35. The van der Waals surface area contributed by atoms with Gasteiger partial charge in [-0.2, -0.15) is 5.10 Å². The van der Waals surface area contributed by atoms with Crippen molar-refractivity contribution in [3.8, 4) is 11.7 Å². The first-order chi connectivity index (χ1) is 16.6. The number of hydrogen-bond acceptors (Lipinski definition) is 7. The second-order valence-corrected chi connectivity index (χ2v) is 8.87. The molecule has 35 heavy (non-hydrogen) atoms. The molecule has 11 nitrogen and oxygen atoms in total. The highest BCUT2D eigenvalue weighted by Crippen LogP contribution is 2.27. The van der Waals surface area contributed by atoms with Gasteiger partial charge >= 0.3 is 0 Å². The van der Waals surface area contributed by atoms with Gasteiger partial charge in [0.25, 0.3) is 11.8 Å². The number of ether oxygens (including phenoxy) is 1.